The van der Waals surface area contributed by atoms with E-state index in [0.717, 1.165) is 43.1 Å². The van der Waals surface area contributed by atoms with Crippen molar-refractivity contribution < 1.29 is 4.79 Å². The van der Waals surface area contributed by atoms with Gasteiger partial charge >= 0.3 is 0 Å². The second-order valence-electron chi connectivity index (χ2n) is 5.65. The number of nitrogens with zero attached hydrogens (tertiary/aromatic N) is 1. The fraction of sp³-hybridized carbons (Fsp3) is 0.471. The first-order valence-corrected chi connectivity index (χ1v) is 7.87. The third-order valence-corrected chi connectivity index (χ3v) is 4.20. The van der Waals surface area contributed by atoms with Crippen molar-refractivity contribution in [1.29, 1.82) is 0 Å². The van der Waals surface area contributed by atoms with Gasteiger partial charge in [-0.1, -0.05) is 29.8 Å². The lowest BCUT2D eigenvalue weighted by molar-refractivity contribution is -0.118. The van der Waals surface area contributed by atoms with E-state index in [4.69, 9.17) is 11.6 Å². The van der Waals surface area contributed by atoms with Gasteiger partial charge in [-0.2, -0.15) is 0 Å². The van der Waals surface area contributed by atoms with Crippen LogP contribution in [-0.4, -0.2) is 29.9 Å². The minimum absolute atomic E-state index is 0.0517. The summed E-state index contributed by atoms with van der Waals surface area (Å²) in [7, 11) is 0. The van der Waals surface area contributed by atoms with E-state index in [1.807, 2.05) is 32.1 Å². The summed E-state index contributed by atoms with van der Waals surface area (Å²) in [5.41, 5.74) is 2.04. The monoisotopic (exact) mass is 306 g/mol. The van der Waals surface area contributed by atoms with Gasteiger partial charge in [0, 0.05) is 29.7 Å². The van der Waals surface area contributed by atoms with Gasteiger partial charge in [0.05, 0.1) is 0 Å². The molecule has 0 aromatic heterocycles. The van der Waals surface area contributed by atoms with E-state index in [0.29, 0.717) is 0 Å². The molecule has 21 heavy (non-hydrogen) atoms. The summed E-state index contributed by atoms with van der Waals surface area (Å²) < 4.78 is 0. The molecule has 0 bridgehead atoms. The zero-order chi connectivity index (χ0) is 15.2. The van der Waals surface area contributed by atoms with E-state index in [-0.39, 0.29) is 11.9 Å². The minimum atomic E-state index is 0.0517. The van der Waals surface area contributed by atoms with Gasteiger partial charge in [0.2, 0.25) is 5.91 Å². The largest absolute Gasteiger partial charge is 0.348 e. The first-order chi connectivity index (χ1) is 10.1. The van der Waals surface area contributed by atoms with Gasteiger partial charge in [-0.15, -0.1) is 0 Å². The maximum atomic E-state index is 11.9. The molecule has 1 aromatic rings. The highest BCUT2D eigenvalue weighted by atomic mass is 35.5. The molecule has 0 saturated carbocycles. The molecule has 114 valence electrons. The molecule has 0 spiro atoms. The zero-order valence-corrected chi connectivity index (χ0v) is 13.5. The van der Waals surface area contributed by atoms with Crippen LogP contribution in [0.1, 0.15) is 32.3 Å². The number of rotatable bonds is 4. The summed E-state index contributed by atoms with van der Waals surface area (Å²) >= 11 is 5.91. The second-order valence-corrected chi connectivity index (χ2v) is 6.08. The number of amides is 1. The maximum absolute atomic E-state index is 11.9. The average molecular weight is 307 g/mol. The highest BCUT2D eigenvalue weighted by molar-refractivity contribution is 6.30. The van der Waals surface area contributed by atoms with E-state index in [1.54, 1.807) is 0 Å². The van der Waals surface area contributed by atoms with Crippen LogP contribution in [0.25, 0.3) is 0 Å². The molecule has 0 radical (unpaired) electrons. The molecule has 1 amide bonds. The van der Waals surface area contributed by atoms with Crippen LogP contribution in [0.4, 0.5) is 0 Å². The summed E-state index contributed by atoms with van der Waals surface area (Å²) in [5, 5.41) is 3.89. The predicted octanol–water partition coefficient (Wildman–Crippen LogP) is 3.39. The Labute approximate surface area is 132 Å². The minimum Gasteiger partial charge on any atom is -0.348 e. The number of allylic oxidation sites excluding steroid dienone is 1. The molecule has 1 heterocycles. The number of benzene rings is 1. The van der Waals surface area contributed by atoms with Crippen molar-refractivity contribution in [1.82, 2.24) is 10.2 Å². The molecule has 1 aliphatic heterocycles. The zero-order valence-electron chi connectivity index (χ0n) is 12.7. The van der Waals surface area contributed by atoms with Crippen molar-refractivity contribution in [2.75, 3.05) is 13.1 Å². The van der Waals surface area contributed by atoms with Gasteiger partial charge in [0.25, 0.3) is 0 Å². The van der Waals surface area contributed by atoms with Crippen molar-refractivity contribution in [3.63, 3.8) is 0 Å². The molecule has 1 fully saturated rings. The third kappa shape index (κ3) is 4.87. The molecule has 1 N–H and O–H groups in total. The van der Waals surface area contributed by atoms with Crippen LogP contribution < -0.4 is 5.32 Å². The standard InChI is InChI=1S/C17H23ClN2O/c1-3-13(2)17(21)19-16-5-4-10-20(12-16)11-14-6-8-15(18)9-7-14/h3,6-9,16H,4-5,10-12H2,1-2H3,(H,19,21)/b13-3+/t16-/m1/s1. The predicted molar refractivity (Wildman–Crippen MR) is 87.3 cm³/mol. The van der Waals surface area contributed by atoms with Gasteiger partial charge in [0.1, 0.15) is 0 Å². The van der Waals surface area contributed by atoms with Crippen LogP contribution in [0, 0.1) is 0 Å². The lowest BCUT2D eigenvalue weighted by Gasteiger charge is -2.33. The summed E-state index contributed by atoms with van der Waals surface area (Å²) in [6.07, 6.45) is 4.02. The molecular weight excluding hydrogens is 284 g/mol. The Balaban J connectivity index is 1.88. The van der Waals surface area contributed by atoms with E-state index in [2.05, 4.69) is 22.3 Å². The number of halogens is 1. The Morgan fingerprint density at radius 1 is 1.43 bits per heavy atom. The van der Waals surface area contributed by atoms with Crippen molar-refractivity contribution in [3.8, 4) is 0 Å². The number of likely N-dealkylation sites (tertiary alicyclic amines) is 1. The highest BCUT2D eigenvalue weighted by Gasteiger charge is 2.21. The Morgan fingerprint density at radius 3 is 2.81 bits per heavy atom. The number of hydrogen-bond acceptors (Lipinski definition) is 2. The first kappa shape index (κ1) is 16.1. The molecule has 0 unspecified atom stereocenters. The number of piperidine rings is 1. The van der Waals surface area contributed by atoms with Crippen LogP contribution in [0.2, 0.25) is 5.02 Å². The van der Waals surface area contributed by atoms with Crippen LogP contribution in [-0.2, 0) is 11.3 Å². The molecule has 1 aromatic carbocycles. The van der Waals surface area contributed by atoms with Crippen LogP contribution in [0.5, 0.6) is 0 Å². The summed E-state index contributed by atoms with van der Waals surface area (Å²) in [4.78, 5) is 14.3. The van der Waals surface area contributed by atoms with E-state index in [9.17, 15) is 4.79 Å². The topological polar surface area (TPSA) is 32.3 Å². The Hall–Kier alpha value is -1.32. The Morgan fingerprint density at radius 2 is 2.14 bits per heavy atom. The van der Waals surface area contributed by atoms with Crippen LogP contribution in [0.15, 0.2) is 35.9 Å². The van der Waals surface area contributed by atoms with Gasteiger partial charge in [-0.3, -0.25) is 9.69 Å². The first-order valence-electron chi connectivity index (χ1n) is 7.49. The van der Waals surface area contributed by atoms with Crippen LogP contribution >= 0.6 is 11.6 Å². The number of hydrogen-bond donors (Lipinski definition) is 1. The number of carbonyl (C=O) groups excluding carboxylic acids is 1. The lowest BCUT2D eigenvalue weighted by Crippen LogP contribution is -2.47. The molecule has 1 aliphatic rings. The average Bonchev–Trinajstić information content (AvgIpc) is 2.49. The SMILES string of the molecule is C/C=C(\C)C(=O)N[C@@H]1CCCN(Cc2ccc(Cl)cc2)C1. The van der Waals surface area contributed by atoms with Crippen molar-refractivity contribution in [3.05, 3.63) is 46.5 Å². The maximum Gasteiger partial charge on any atom is 0.246 e. The van der Waals surface area contributed by atoms with Crippen LogP contribution in [0.3, 0.4) is 0 Å². The number of nitrogens with one attached hydrogen (secondary N) is 1. The van der Waals surface area contributed by atoms with Crippen molar-refractivity contribution >= 4 is 17.5 Å². The molecular formula is C17H23ClN2O. The van der Waals surface area contributed by atoms with E-state index < -0.39 is 0 Å². The fourth-order valence-electron chi connectivity index (χ4n) is 2.60. The van der Waals surface area contributed by atoms with E-state index in [1.165, 1.54) is 5.56 Å². The summed E-state index contributed by atoms with van der Waals surface area (Å²) in [6, 6.07) is 8.22. The molecule has 1 atom stereocenters. The number of carbonyl (C=O) groups is 1. The van der Waals surface area contributed by atoms with Gasteiger partial charge in [-0.25, -0.2) is 0 Å². The second kappa shape index (κ2) is 7.62. The Kier molecular flexibility index (Phi) is 5.83. The Bertz CT molecular complexity index is 510. The van der Waals surface area contributed by atoms with Gasteiger partial charge < -0.3 is 5.32 Å². The lowest BCUT2D eigenvalue weighted by atomic mass is 10.0. The molecule has 3 nitrogen and oxygen atoms in total. The molecule has 4 heteroatoms. The summed E-state index contributed by atoms with van der Waals surface area (Å²) in [5.74, 6) is 0.0517. The van der Waals surface area contributed by atoms with E-state index >= 15 is 0 Å². The fourth-order valence-corrected chi connectivity index (χ4v) is 2.72. The molecule has 2 rings (SSSR count). The smallest absolute Gasteiger partial charge is 0.246 e. The van der Waals surface area contributed by atoms with Gasteiger partial charge in [-0.05, 0) is 50.9 Å². The summed E-state index contributed by atoms with van der Waals surface area (Å²) in [6.45, 7) is 6.64. The quantitative estimate of drug-likeness (QED) is 0.865. The third-order valence-electron chi connectivity index (χ3n) is 3.95. The van der Waals surface area contributed by atoms with Crippen molar-refractivity contribution in [2.45, 2.75) is 39.3 Å². The molecule has 0 aliphatic carbocycles. The normalized spacial score (nSPS) is 20.3. The van der Waals surface area contributed by atoms with Gasteiger partial charge in [0.15, 0.2) is 0 Å². The molecule has 1 saturated heterocycles. The highest BCUT2D eigenvalue weighted by Crippen LogP contribution is 2.16. The van der Waals surface area contributed by atoms with Crippen molar-refractivity contribution in [2.24, 2.45) is 0 Å².